The van der Waals surface area contributed by atoms with Crippen molar-refractivity contribution in [3.05, 3.63) is 82.8 Å². The van der Waals surface area contributed by atoms with Crippen LogP contribution in [0.4, 0.5) is 17.3 Å². The Morgan fingerprint density at radius 2 is 1.92 bits per heavy atom. The van der Waals surface area contributed by atoms with E-state index in [0.29, 0.717) is 28.2 Å². The molecule has 0 spiro atoms. The second kappa shape index (κ2) is 10.5. The highest BCUT2D eigenvalue weighted by Crippen LogP contribution is 2.26. The molecule has 1 saturated heterocycles. The molecule has 1 aliphatic rings. The molecule has 0 saturated carbocycles. The van der Waals surface area contributed by atoms with Crippen molar-refractivity contribution in [1.29, 1.82) is 0 Å². The van der Waals surface area contributed by atoms with Gasteiger partial charge < -0.3 is 20.4 Å². The molecule has 10 heteroatoms. The van der Waals surface area contributed by atoms with Crippen LogP contribution < -0.4 is 21.1 Å². The summed E-state index contributed by atoms with van der Waals surface area (Å²) < 4.78 is 3.24. The lowest BCUT2D eigenvalue weighted by Crippen LogP contribution is -2.44. The van der Waals surface area contributed by atoms with E-state index >= 15 is 0 Å². The highest BCUT2D eigenvalue weighted by Gasteiger charge is 2.19. The summed E-state index contributed by atoms with van der Waals surface area (Å²) in [6.45, 7) is 10.3. The number of benzene rings is 2. The maximum absolute atomic E-state index is 13.2. The van der Waals surface area contributed by atoms with Crippen LogP contribution in [0.15, 0.2) is 66.1 Å². The van der Waals surface area contributed by atoms with E-state index in [1.807, 2.05) is 12.1 Å². The molecule has 0 unspecified atom stereocenters. The molecule has 4 aromatic rings. The fourth-order valence-electron chi connectivity index (χ4n) is 4.83. The topological polar surface area (TPSA) is 100 Å². The number of carbonyl (C=O) groups is 1. The largest absolute Gasteiger partial charge is 0.369 e. The number of allylic oxidation sites excluding steroid dienone is 1. The molecular weight excluding hydrogens is 480 g/mol. The first kappa shape index (κ1) is 25.2. The maximum Gasteiger partial charge on any atom is 0.278 e. The number of anilines is 3. The van der Waals surface area contributed by atoms with Gasteiger partial charge in [0.1, 0.15) is 5.39 Å². The second-order valence-electron chi connectivity index (χ2n) is 9.46. The van der Waals surface area contributed by atoms with Crippen molar-refractivity contribution in [2.75, 3.05) is 50.5 Å². The monoisotopic (exact) mass is 512 g/mol. The molecule has 0 radical (unpaired) electrons. The molecule has 2 N–H and O–H groups in total. The lowest BCUT2D eigenvalue weighted by Gasteiger charge is -2.35. The second-order valence-corrected chi connectivity index (χ2v) is 9.46. The summed E-state index contributed by atoms with van der Waals surface area (Å²) >= 11 is 0. The van der Waals surface area contributed by atoms with Crippen LogP contribution in [0.1, 0.15) is 15.9 Å². The highest BCUT2D eigenvalue weighted by atomic mass is 16.1. The normalized spacial score (nSPS) is 14.0. The lowest BCUT2D eigenvalue weighted by atomic mass is 10.1. The van der Waals surface area contributed by atoms with E-state index in [0.717, 1.165) is 31.9 Å². The van der Waals surface area contributed by atoms with Crippen LogP contribution in [0, 0.1) is 6.92 Å². The van der Waals surface area contributed by atoms with Crippen molar-refractivity contribution >= 4 is 34.3 Å². The van der Waals surface area contributed by atoms with Crippen LogP contribution in [-0.4, -0.2) is 70.4 Å². The van der Waals surface area contributed by atoms with Crippen molar-refractivity contribution in [2.24, 2.45) is 0 Å². The Morgan fingerprint density at radius 3 is 2.63 bits per heavy atom. The van der Waals surface area contributed by atoms with Crippen molar-refractivity contribution in [3.63, 3.8) is 0 Å². The van der Waals surface area contributed by atoms with Gasteiger partial charge >= 0.3 is 0 Å². The molecule has 2 aromatic heterocycles. The van der Waals surface area contributed by atoms with Crippen molar-refractivity contribution in [2.45, 2.75) is 13.5 Å². The van der Waals surface area contributed by atoms with Gasteiger partial charge in [0.05, 0.1) is 12.2 Å². The third-order valence-electron chi connectivity index (χ3n) is 6.85. The van der Waals surface area contributed by atoms with Gasteiger partial charge in [-0.25, -0.2) is 14.3 Å². The molecule has 1 aliphatic heterocycles. The van der Waals surface area contributed by atoms with E-state index in [9.17, 15) is 9.59 Å². The number of piperazine rings is 1. The Balaban J connectivity index is 1.51. The van der Waals surface area contributed by atoms with Crippen LogP contribution >= 0.6 is 0 Å². The first-order valence-electron chi connectivity index (χ1n) is 12.6. The quantitative estimate of drug-likeness (QED) is 0.367. The minimum absolute atomic E-state index is 0.215. The molecule has 0 bridgehead atoms. The van der Waals surface area contributed by atoms with Crippen molar-refractivity contribution < 1.29 is 4.79 Å². The number of nitrogens with one attached hydrogen (secondary N) is 2. The third-order valence-corrected chi connectivity index (χ3v) is 6.85. The van der Waals surface area contributed by atoms with E-state index in [1.54, 1.807) is 36.0 Å². The van der Waals surface area contributed by atoms with E-state index < -0.39 is 0 Å². The summed E-state index contributed by atoms with van der Waals surface area (Å²) in [5.74, 6) is 0.157. The van der Waals surface area contributed by atoms with E-state index in [-0.39, 0.29) is 18.0 Å². The molecule has 5 rings (SSSR count). The van der Waals surface area contributed by atoms with Crippen LogP contribution in [0.5, 0.6) is 0 Å². The number of nitrogens with zero attached hydrogens (tertiary/aromatic N) is 6. The molecule has 2 aromatic carbocycles. The van der Waals surface area contributed by atoms with Crippen molar-refractivity contribution in [1.82, 2.24) is 29.5 Å². The number of aryl methyl sites for hydroxylation is 1. The number of amides is 1. The lowest BCUT2D eigenvalue weighted by molar-refractivity contribution is 0.0963. The zero-order valence-electron chi connectivity index (χ0n) is 21.9. The zero-order chi connectivity index (χ0) is 26.8. The van der Waals surface area contributed by atoms with Crippen LogP contribution in [-0.2, 0) is 6.54 Å². The fraction of sp³-hybridized carbons (Fsp3) is 0.286. The Labute approximate surface area is 221 Å². The Kier molecular flexibility index (Phi) is 6.97. The molecule has 3 heterocycles. The number of carbonyl (C=O) groups excluding carboxylic acids is 1. The van der Waals surface area contributed by atoms with Crippen molar-refractivity contribution in [3.8, 4) is 5.69 Å². The van der Waals surface area contributed by atoms with Gasteiger partial charge in [-0.3, -0.25) is 9.59 Å². The summed E-state index contributed by atoms with van der Waals surface area (Å²) in [5, 5.41) is 6.31. The minimum Gasteiger partial charge on any atom is -0.369 e. The number of hydrogen-bond donors (Lipinski definition) is 2. The minimum atomic E-state index is -0.232. The Hall–Kier alpha value is -4.44. The van der Waals surface area contributed by atoms with Gasteiger partial charge in [0.15, 0.2) is 5.65 Å². The van der Waals surface area contributed by atoms with Gasteiger partial charge in [0.2, 0.25) is 5.95 Å². The van der Waals surface area contributed by atoms with Gasteiger partial charge in [-0.05, 0) is 55.9 Å². The standard InChI is InChI=1S/C28H32N8O2/c1-5-11-35-27(38)23-18-30-28(32-25(23)36(35)22-8-6-7-20(17-22)26(37)29-3)31-21-9-10-24(19(2)16-21)34-14-12-33(4)13-15-34/h5-10,16-18H,1,11-15H2,2-4H3,(H,29,37)(H,30,31,32). The third kappa shape index (κ3) is 4.78. The van der Waals surface area contributed by atoms with E-state index in [1.165, 1.54) is 22.1 Å². The Morgan fingerprint density at radius 1 is 1.13 bits per heavy atom. The fourth-order valence-corrected chi connectivity index (χ4v) is 4.83. The van der Waals surface area contributed by atoms with Gasteiger partial charge in [0, 0.05) is 56.4 Å². The smallest absolute Gasteiger partial charge is 0.278 e. The predicted octanol–water partition coefficient (Wildman–Crippen LogP) is 2.93. The first-order valence-corrected chi connectivity index (χ1v) is 12.6. The SMILES string of the molecule is C=CCn1c(=O)c2cnc(Nc3ccc(N4CCN(C)CC4)c(C)c3)nc2n1-c1cccc(C(=O)NC)c1. The number of rotatable bonds is 7. The molecule has 1 fully saturated rings. The molecule has 38 heavy (non-hydrogen) atoms. The van der Waals surface area contributed by atoms with Crippen LogP contribution in [0.3, 0.4) is 0 Å². The van der Waals surface area contributed by atoms with Crippen LogP contribution in [0.2, 0.25) is 0 Å². The summed E-state index contributed by atoms with van der Waals surface area (Å²) in [6.07, 6.45) is 3.19. The summed E-state index contributed by atoms with van der Waals surface area (Å²) in [6, 6.07) is 13.3. The molecule has 0 aliphatic carbocycles. The van der Waals surface area contributed by atoms with Crippen LogP contribution in [0.25, 0.3) is 16.7 Å². The summed E-state index contributed by atoms with van der Waals surface area (Å²) in [4.78, 5) is 39.4. The maximum atomic E-state index is 13.2. The van der Waals surface area contributed by atoms with E-state index in [2.05, 4.69) is 58.1 Å². The van der Waals surface area contributed by atoms with Gasteiger partial charge in [-0.15, -0.1) is 6.58 Å². The average molecular weight is 513 g/mol. The van der Waals surface area contributed by atoms with E-state index in [4.69, 9.17) is 4.98 Å². The molecule has 10 nitrogen and oxygen atoms in total. The van der Waals surface area contributed by atoms with Gasteiger partial charge in [-0.1, -0.05) is 12.1 Å². The highest BCUT2D eigenvalue weighted by molar-refractivity contribution is 5.94. The number of aromatic nitrogens is 4. The number of likely N-dealkylation sites (N-methyl/N-ethyl adjacent to an activating group) is 1. The van der Waals surface area contributed by atoms with Gasteiger partial charge in [-0.2, -0.15) is 4.98 Å². The molecule has 0 atom stereocenters. The molecular formula is C28H32N8O2. The Bertz CT molecular complexity index is 1560. The van der Waals surface area contributed by atoms with Gasteiger partial charge in [0.25, 0.3) is 11.5 Å². The molecule has 196 valence electrons. The average Bonchev–Trinajstić information content (AvgIpc) is 3.20. The number of fused-ring (bicyclic) bond motifs is 1. The number of hydrogen-bond acceptors (Lipinski definition) is 7. The molecule has 1 amide bonds. The predicted molar refractivity (Wildman–Crippen MR) is 151 cm³/mol. The first-order chi connectivity index (χ1) is 18.4. The summed E-state index contributed by atoms with van der Waals surface area (Å²) in [7, 11) is 3.73. The summed E-state index contributed by atoms with van der Waals surface area (Å²) in [5.41, 5.74) is 4.58. The zero-order valence-corrected chi connectivity index (χ0v) is 21.9.